The fourth-order valence-electron chi connectivity index (χ4n) is 2.68. The van der Waals surface area contributed by atoms with E-state index in [1.165, 1.54) is 11.3 Å². The second-order valence-electron chi connectivity index (χ2n) is 5.16. The highest BCUT2D eigenvalue weighted by atomic mass is 35.5. The molecule has 1 aromatic rings. The van der Waals surface area contributed by atoms with Crippen LogP contribution in [0.15, 0.2) is 11.4 Å². The Labute approximate surface area is 123 Å². The summed E-state index contributed by atoms with van der Waals surface area (Å²) in [5.74, 6) is 0.0855. The summed E-state index contributed by atoms with van der Waals surface area (Å²) < 4.78 is 0. The molecule has 1 amide bonds. The van der Waals surface area contributed by atoms with Gasteiger partial charge in [-0.1, -0.05) is 18.5 Å². The monoisotopic (exact) mass is 300 g/mol. The summed E-state index contributed by atoms with van der Waals surface area (Å²) >= 11 is 7.51. The SMILES string of the molecule is CCCN(C(=O)c1sccc1Cl)C1CCC(N)CC1. The van der Waals surface area contributed by atoms with Crippen molar-refractivity contribution in [3.05, 3.63) is 21.3 Å². The molecule has 1 heterocycles. The van der Waals surface area contributed by atoms with Gasteiger partial charge in [-0.2, -0.15) is 0 Å². The summed E-state index contributed by atoms with van der Waals surface area (Å²) in [6.45, 7) is 2.90. The van der Waals surface area contributed by atoms with E-state index in [9.17, 15) is 4.79 Å². The summed E-state index contributed by atoms with van der Waals surface area (Å²) in [4.78, 5) is 15.3. The Balaban J connectivity index is 2.11. The number of nitrogens with zero attached hydrogens (tertiary/aromatic N) is 1. The van der Waals surface area contributed by atoms with Crippen LogP contribution in [0.1, 0.15) is 48.7 Å². The van der Waals surface area contributed by atoms with Gasteiger partial charge in [0.25, 0.3) is 5.91 Å². The molecular formula is C14H21ClN2OS. The molecule has 2 rings (SSSR count). The number of carbonyl (C=O) groups is 1. The molecule has 0 unspecified atom stereocenters. The van der Waals surface area contributed by atoms with E-state index in [-0.39, 0.29) is 5.91 Å². The van der Waals surface area contributed by atoms with Crippen molar-refractivity contribution in [2.45, 2.75) is 51.1 Å². The first-order valence-electron chi connectivity index (χ1n) is 6.93. The Kier molecular flexibility index (Phi) is 5.25. The van der Waals surface area contributed by atoms with Crippen LogP contribution in [0.5, 0.6) is 0 Å². The van der Waals surface area contributed by atoms with Gasteiger partial charge in [-0.15, -0.1) is 11.3 Å². The zero-order chi connectivity index (χ0) is 13.8. The van der Waals surface area contributed by atoms with E-state index in [0.717, 1.165) is 38.6 Å². The summed E-state index contributed by atoms with van der Waals surface area (Å²) in [5.41, 5.74) is 5.94. The highest BCUT2D eigenvalue weighted by Crippen LogP contribution is 2.28. The van der Waals surface area contributed by atoms with E-state index in [0.29, 0.717) is 22.0 Å². The van der Waals surface area contributed by atoms with Crippen LogP contribution < -0.4 is 5.73 Å². The van der Waals surface area contributed by atoms with Gasteiger partial charge in [0.15, 0.2) is 0 Å². The third-order valence-corrected chi connectivity index (χ3v) is 5.05. The smallest absolute Gasteiger partial charge is 0.265 e. The third kappa shape index (κ3) is 3.50. The first-order valence-corrected chi connectivity index (χ1v) is 8.18. The lowest BCUT2D eigenvalue weighted by atomic mass is 9.90. The number of rotatable bonds is 4. The molecule has 5 heteroatoms. The lowest BCUT2D eigenvalue weighted by Crippen LogP contribution is -2.44. The fraction of sp³-hybridized carbons (Fsp3) is 0.643. The molecule has 1 fully saturated rings. The van der Waals surface area contributed by atoms with Crippen molar-refractivity contribution in [1.29, 1.82) is 0 Å². The highest BCUT2D eigenvalue weighted by Gasteiger charge is 2.29. The molecule has 19 heavy (non-hydrogen) atoms. The molecular weight excluding hydrogens is 280 g/mol. The number of carbonyl (C=O) groups excluding carboxylic acids is 1. The van der Waals surface area contributed by atoms with Gasteiger partial charge in [0.05, 0.1) is 5.02 Å². The van der Waals surface area contributed by atoms with Gasteiger partial charge < -0.3 is 10.6 Å². The first-order chi connectivity index (χ1) is 9.13. The third-order valence-electron chi connectivity index (χ3n) is 3.72. The number of amides is 1. The molecule has 0 aromatic carbocycles. The Morgan fingerprint density at radius 1 is 1.47 bits per heavy atom. The maximum Gasteiger partial charge on any atom is 0.265 e. The highest BCUT2D eigenvalue weighted by molar-refractivity contribution is 7.12. The minimum absolute atomic E-state index is 0.0855. The van der Waals surface area contributed by atoms with E-state index in [4.69, 9.17) is 17.3 Å². The van der Waals surface area contributed by atoms with Crippen molar-refractivity contribution in [3.8, 4) is 0 Å². The summed E-state index contributed by atoms with van der Waals surface area (Å²) in [6, 6.07) is 2.42. The minimum Gasteiger partial charge on any atom is -0.335 e. The fourth-order valence-corrected chi connectivity index (χ4v) is 3.77. The standard InChI is InChI=1S/C14H21ClN2OS/c1-2-8-17(11-5-3-10(16)4-6-11)14(18)13-12(15)7-9-19-13/h7,9-11H,2-6,8,16H2,1H3. The quantitative estimate of drug-likeness (QED) is 0.924. The average molecular weight is 301 g/mol. The van der Waals surface area contributed by atoms with Crippen LogP contribution in [-0.2, 0) is 0 Å². The van der Waals surface area contributed by atoms with Crippen LogP contribution in [0.3, 0.4) is 0 Å². The predicted molar refractivity (Wildman–Crippen MR) is 80.9 cm³/mol. The topological polar surface area (TPSA) is 46.3 Å². The zero-order valence-electron chi connectivity index (χ0n) is 11.3. The van der Waals surface area contributed by atoms with Gasteiger partial charge >= 0.3 is 0 Å². The van der Waals surface area contributed by atoms with Gasteiger partial charge in [-0.05, 0) is 43.6 Å². The molecule has 0 spiro atoms. The molecule has 0 radical (unpaired) electrons. The predicted octanol–water partition coefficient (Wildman–Crippen LogP) is 3.52. The van der Waals surface area contributed by atoms with Gasteiger partial charge in [0, 0.05) is 18.6 Å². The summed E-state index contributed by atoms with van der Waals surface area (Å²) in [5, 5.41) is 2.44. The van der Waals surface area contributed by atoms with Crippen molar-refractivity contribution in [3.63, 3.8) is 0 Å². The molecule has 106 valence electrons. The van der Waals surface area contributed by atoms with Crippen LogP contribution in [0.25, 0.3) is 0 Å². The number of nitrogens with two attached hydrogens (primary N) is 1. The largest absolute Gasteiger partial charge is 0.335 e. The second kappa shape index (κ2) is 6.73. The maximum atomic E-state index is 12.6. The maximum absolute atomic E-state index is 12.6. The van der Waals surface area contributed by atoms with Crippen LogP contribution in [-0.4, -0.2) is 29.4 Å². The van der Waals surface area contributed by atoms with Crippen LogP contribution in [0.2, 0.25) is 5.02 Å². The molecule has 0 bridgehead atoms. The van der Waals surface area contributed by atoms with E-state index < -0.39 is 0 Å². The second-order valence-corrected chi connectivity index (χ2v) is 6.49. The summed E-state index contributed by atoms with van der Waals surface area (Å²) in [7, 11) is 0. The number of halogens is 1. The number of thiophene rings is 1. The van der Waals surface area contributed by atoms with Crippen LogP contribution in [0.4, 0.5) is 0 Å². The van der Waals surface area contributed by atoms with Gasteiger partial charge in [0.1, 0.15) is 4.88 Å². The molecule has 3 nitrogen and oxygen atoms in total. The first kappa shape index (κ1) is 14.8. The number of hydrogen-bond acceptors (Lipinski definition) is 3. The molecule has 0 aliphatic heterocycles. The lowest BCUT2D eigenvalue weighted by Gasteiger charge is -2.36. The molecule has 1 saturated carbocycles. The summed E-state index contributed by atoms with van der Waals surface area (Å²) in [6.07, 6.45) is 5.01. The Morgan fingerprint density at radius 3 is 2.68 bits per heavy atom. The van der Waals surface area contributed by atoms with Crippen molar-refractivity contribution in [2.75, 3.05) is 6.54 Å². The zero-order valence-corrected chi connectivity index (χ0v) is 12.8. The van der Waals surface area contributed by atoms with Crippen molar-refractivity contribution in [2.24, 2.45) is 5.73 Å². The normalized spacial score (nSPS) is 23.3. The Hall–Kier alpha value is -0.580. The molecule has 1 aliphatic carbocycles. The van der Waals surface area contributed by atoms with Crippen molar-refractivity contribution < 1.29 is 4.79 Å². The number of hydrogen-bond donors (Lipinski definition) is 1. The van der Waals surface area contributed by atoms with E-state index >= 15 is 0 Å². The molecule has 0 atom stereocenters. The molecule has 1 aliphatic rings. The molecule has 2 N–H and O–H groups in total. The van der Waals surface area contributed by atoms with E-state index in [1.54, 1.807) is 6.07 Å². The average Bonchev–Trinajstić information content (AvgIpc) is 2.83. The van der Waals surface area contributed by atoms with E-state index in [2.05, 4.69) is 6.92 Å². The van der Waals surface area contributed by atoms with Crippen molar-refractivity contribution >= 4 is 28.8 Å². The van der Waals surface area contributed by atoms with Gasteiger partial charge in [-0.25, -0.2) is 0 Å². The minimum atomic E-state index is 0.0855. The Bertz CT molecular complexity index is 427. The van der Waals surface area contributed by atoms with Gasteiger partial charge in [0.2, 0.25) is 0 Å². The molecule has 0 saturated heterocycles. The van der Waals surface area contributed by atoms with Crippen molar-refractivity contribution in [1.82, 2.24) is 4.90 Å². The van der Waals surface area contributed by atoms with Crippen LogP contribution in [0, 0.1) is 0 Å². The Morgan fingerprint density at radius 2 is 2.16 bits per heavy atom. The van der Waals surface area contributed by atoms with Crippen LogP contribution >= 0.6 is 22.9 Å². The lowest BCUT2D eigenvalue weighted by molar-refractivity contribution is 0.0632. The molecule has 1 aromatic heterocycles. The van der Waals surface area contributed by atoms with E-state index in [1.807, 2.05) is 10.3 Å². The van der Waals surface area contributed by atoms with Gasteiger partial charge in [-0.3, -0.25) is 4.79 Å².